The molecular formula is C54H50BrF8N15O3. The summed E-state index contributed by atoms with van der Waals surface area (Å²) in [4.78, 5) is 25.3. The van der Waals surface area contributed by atoms with Crippen molar-refractivity contribution in [3.05, 3.63) is 201 Å². The number of alkyl halides is 4. The van der Waals surface area contributed by atoms with Crippen LogP contribution in [0.4, 0.5) is 46.5 Å². The number of piperazine rings is 1. The predicted octanol–water partition coefficient (Wildman–Crippen LogP) is 8.76. The van der Waals surface area contributed by atoms with Crippen LogP contribution >= 0.6 is 15.9 Å². The van der Waals surface area contributed by atoms with Gasteiger partial charge in [-0.25, -0.2) is 41.0 Å². The standard InChI is InChI=1S/C39H40F4N10O2.C15H10BrF4N5O/c1-4-35(26(2)3)53-37(54)52(25-46-53)32-13-11-31(12-14-32)50-19-17-49(18-20-50)30-9-5-27(6-10-30)28-7-16-36(44-22-28)39(42,43)38(55,23-51-24-45-47-48-51)33-15-8-29(40)21-34(33)41;16-9-1-4-13(21-6-9)15(19,20)14(26,7-25-8-22-23-24-25)11-3-2-10(17)5-12(11)18/h5-16,21-22,24-26,35,55H,4,17-20,23H2,1-3H3;1-6,8,26H,7H2/t35-,38-;14-/m00/s1. The zero-order chi connectivity index (χ0) is 57.9. The van der Waals surface area contributed by atoms with Crippen LogP contribution in [0.3, 0.4) is 0 Å². The fraction of sp³-hybridized carbons (Fsp3) is 0.296. The number of tetrazole rings is 2. The highest BCUT2D eigenvalue weighted by atomic mass is 79.9. The number of aliphatic hydroxyl groups is 2. The summed E-state index contributed by atoms with van der Waals surface area (Å²) in [6, 6.07) is 24.4. The van der Waals surface area contributed by atoms with Crippen molar-refractivity contribution in [2.45, 2.75) is 69.4 Å². The number of halogens is 9. The highest BCUT2D eigenvalue weighted by Crippen LogP contribution is 2.48. The van der Waals surface area contributed by atoms with Crippen LogP contribution < -0.4 is 15.5 Å². The molecule has 0 unspecified atom stereocenters. The summed E-state index contributed by atoms with van der Waals surface area (Å²) in [6.45, 7) is 7.52. The molecule has 0 radical (unpaired) electrons. The van der Waals surface area contributed by atoms with Gasteiger partial charge in [0.05, 0.1) is 24.8 Å². The van der Waals surface area contributed by atoms with Gasteiger partial charge in [-0.15, -0.1) is 10.2 Å². The summed E-state index contributed by atoms with van der Waals surface area (Å²) in [7, 11) is 0. The smallest absolute Gasteiger partial charge is 0.350 e. The lowest BCUT2D eigenvalue weighted by atomic mass is 9.84. The number of pyridine rings is 2. The molecule has 2 N–H and O–H groups in total. The van der Waals surface area contributed by atoms with E-state index in [0.29, 0.717) is 28.1 Å². The Bertz CT molecular complexity index is 3610. The molecule has 9 aromatic rings. The zero-order valence-electron chi connectivity index (χ0n) is 43.3. The molecule has 6 heterocycles. The van der Waals surface area contributed by atoms with Crippen molar-refractivity contribution in [3.63, 3.8) is 0 Å². The third kappa shape index (κ3) is 11.7. The summed E-state index contributed by atoms with van der Waals surface area (Å²) in [5.74, 6) is -12.6. The van der Waals surface area contributed by atoms with E-state index in [1.54, 1.807) is 15.6 Å². The van der Waals surface area contributed by atoms with Crippen molar-refractivity contribution in [2.24, 2.45) is 5.92 Å². The summed E-state index contributed by atoms with van der Waals surface area (Å²) >= 11 is 3.07. The molecule has 3 atom stereocenters. The molecule has 1 fully saturated rings. The Morgan fingerprint density at radius 3 is 1.46 bits per heavy atom. The maximum atomic E-state index is 16.2. The van der Waals surface area contributed by atoms with Crippen molar-refractivity contribution in [2.75, 3.05) is 36.0 Å². The first kappa shape index (κ1) is 57.4. The maximum absolute atomic E-state index is 16.2. The molecule has 0 amide bonds. The quantitative estimate of drug-likeness (QED) is 0.0820. The van der Waals surface area contributed by atoms with Crippen LogP contribution in [0.5, 0.6) is 0 Å². The monoisotopic (exact) mass is 1190 g/mol. The zero-order valence-corrected chi connectivity index (χ0v) is 44.9. The van der Waals surface area contributed by atoms with Crippen LogP contribution in [0.25, 0.3) is 16.8 Å². The maximum Gasteiger partial charge on any atom is 0.350 e. The molecule has 27 heteroatoms. The number of hydrogen-bond acceptors (Lipinski definition) is 14. The molecule has 0 spiro atoms. The van der Waals surface area contributed by atoms with E-state index in [-0.39, 0.29) is 11.7 Å². The lowest BCUT2D eigenvalue weighted by molar-refractivity contribution is -0.207. The minimum atomic E-state index is -4.15. The molecule has 10 rings (SSSR count). The number of nitrogens with zero attached hydrogens (tertiary/aromatic N) is 15. The molecule has 5 aromatic heterocycles. The molecule has 4 aromatic carbocycles. The Balaban J connectivity index is 0.000000254. The first-order valence-corrected chi connectivity index (χ1v) is 25.9. The average Bonchev–Trinajstić information content (AvgIpc) is 4.38. The fourth-order valence-corrected chi connectivity index (χ4v) is 9.86. The van der Waals surface area contributed by atoms with Gasteiger partial charge < -0.3 is 20.0 Å². The lowest BCUT2D eigenvalue weighted by Crippen LogP contribution is -2.48. The average molecular weight is 1190 g/mol. The van der Waals surface area contributed by atoms with Gasteiger partial charge in [0.25, 0.3) is 0 Å². The minimum absolute atomic E-state index is 0.0418. The normalized spacial score (nSPS) is 15.0. The van der Waals surface area contributed by atoms with Crippen LogP contribution in [0.15, 0.2) is 150 Å². The van der Waals surface area contributed by atoms with E-state index < -0.39 is 81.9 Å². The fourth-order valence-electron chi connectivity index (χ4n) is 9.63. The highest BCUT2D eigenvalue weighted by Gasteiger charge is 2.59. The van der Waals surface area contributed by atoms with Crippen molar-refractivity contribution < 1.29 is 45.3 Å². The van der Waals surface area contributed by atoms with E-state index in [1.165, 1.54) is 18.3 Å². The molecule has 422 valence electrons. The van der Waals surface area contributed by atoms with Gasteiger partial charge in [0.2, 0.25) is 0 Å². The van der Waals surface area contributed by atoms with E-state index in [4.69, 9.17) is 0 Å². The Morgan fingerprint density at radius 1 is 0.593 bits per heavy atom. The van der Waals surface area contributed by atoms with E-state index in [2.05, 4.69) is 92.6 Å². The summed E-state index contributed by atoms with van der Waals surface area (Å²) in [5, 5.41) is 47.1. The summed E-state index contributed by atoms with van der Waals surface area (Å²) in [5.41, 5.74) is -5.67. The lowest BCUT2D eigenvalue weighted by Gasteiger charge is -2.37. The van der Waals surface area contributed by atoms with Gasteiger partial charge in [-0.2, -0.15) is 22.7 Å². The second kappa shape index (κ2) is 23.4. The molecule has 0 saturated carbocycles. The van der Waals surface area contributed by atoms with Gasteiger partial charge in [0.15, 0.2) is 11.2 Å². The van der Waals surface area contributed by atoms with Gasteiger partial charge in [-0.3, -0.25) is 9.97 Å². The summed E-state index contributed by atoms with van der Waals surface area (Å²) in [6.07, 6.45) is 6.76. The second-order valence-corrected chi connectivity index (χ2v) is 20.3. The Kier molecular flexibility index (Phi) is 16.6. The SMILES string of the molecule is CC[C@@H](C(C)C)n1ncn(-c2ccc(N3CCN(c4ccc(-c5ccc(C(F)(F)[C@](O)(Cn6cnnn6)c6ccc(F)cc6F)nc5)cc4)CC3)cc2)c1=O.O[C@@](Cn1cnnn1)(c1ccc(F)cc1F)C(F)(F)c1ccc(Br)cn1. The number of hydrogen-bond donors (Lipinski definition) is 2. The molecule has 18 nitrogen and oxygen atoms in total. The van der Waals surface area contributed by atoms with Gasteiger partial charge in [0.1, 0.15) is 53.6 Å². The summed E-state index contributed by atoms with van der Waals surface area (Å²) < 4.78 is 124. The first-order chi connectivity index (χ1) is 38.6. The highest BCUT2D eigenvalue weighted by molar-refractivity contribution is 9.10. The van der Waals surface area contributed by atoms with E-state index in [1.807, 2.05) is 48.5 Å². The predicted molar refractivity (Wildman–Crippen MR) is 282 cm³/mol. The minimum Gasteiger partial charge on any atom is -0.377 e. The third-order valence-corrected chi connectivity index (χ3v) is 14.5. The molecule has 1 saturated heterocycles. The van der Waals surface area contributed by atoms with E-state index in [0.717, 1.165) is 120 Å². The number of rotatable bonds is 17. The molecule has 81 heavy (non-hydrogen) atoms. The van der Waals surface area contributed by atoms with Crippen molar-refractivity contribution in [1.82, 2.24) is 64.7 Å². The van der Waals surface area contributed by atoms with Crippen LogP contribution in [0.2, 0.25) is 0 Å². The van der Waals surface area contributed by atoms with Crippen LogP contribution in [0, 0.1) is 29.2 Å². The number of aromatic nitrogens is 13. The van der Waals surface area contributed by atoms with E-state index in [9.17, 15) is 32.6 Å². The second-order valence-electron chi connectivity index (χ2n) is 19.4. The Labute approximate surface area is 465 Å². The molecule has 0 bridgehead atoms. The molecule has 0 aliphatic carbocycles. The molecular weight excluding hydrogens is 1140 g/mol. The number of anilines is 2. The first-order valence-electron chi connectivity index (χ1n) is 25.1. The van der Waals surface area contributed by atoms with Crippen molar-refractivity contribution in [1.29, 1.82) is 0 Å². The van der Waals surface area contributed by atoms with Crippen molar-refractivity contribution >= 4 is 27.3 Å². The van der Waals surface area contributed by atoms with Gasteiger partial charge >= 0.3 is 17.5 Å². The van der Waals surface area contributed by atoms with Gasteiger partial charge in [-0.05, 0) is 134 Å². The van der Waals surface area contributed by atoms with Gasteiger partial charge in [-0.1, -0.05) is 39.0 Å². The Hall–Kier alpha value is -8.30. The topological polar surface area (TPSA) is 200 Å². The third-order valence-electron chi connectivity index (χ3n) is 14.0. The number of benzene rings is 4. The largest absolute Gasteiger partial charge is 0.377 e. The Morgan fingerprint density at radius 2 is 1.05 bits per heavy atom. The van der Waals surface area contributed by atoms with Crippen LogP contribution in [-0.4, -0.2) is 101 Å². The van der Waals surface area contributed by atoms with E-state index >= 15 is 17.6 Å². The van der Waals surface area contributed by atoms with Gasteiger partial charge in [0, 0.05) is 83.2 Å². The van der Waals surface area contributed by atoms with Crippen LogP contribution in [0.1, 0.15) is 55.7 Å². The molecule has 1 aliphatic rings. The van der Waals surface area contributed by atoms with Crippen molar-refractivity contribution in [3.8, 4) is 16.8 Å². The molecule has 1 aliphatic heterocycles. The van der Waals surface area contributed by atoms with Crippen LogP contribution in [-0.2, 0) is 36.1 Å².